The average molecular weight is 467 g/mol. The fourth-order valence-electron chi connectivity index (χ4n) is 4.06. The Bertz CT molecular complexity index is 1150. The van der Waals surface area contributed by atoms with E-state index in [1.807, 2.05) is 24.8 Å². The number of aromatic nitrogens is 4. The second-order valence-electron chi connectivity index (χ2n) is 9.05. The lowest BCUT2D eigenvalue weighted by Gasteiger charge is -2.35. The third kappa shape index (κ3) is 5.03. The second kappa shape index (κ2) is 9.51. The average Bonchev–Trinajstić information content (AvgIpc) is 3.07. The van der Waals surface area contributed by atoms with Crippen molar-refractivity contribution in [2.75, 3.05) is 31.1 Å². The van der Waals surface area contributed by atoms with Gasteiger partial charge in [-0.15, -0.1) is 0 Å². The zero-order valence-corrected chi connectivity index (χ0v) is 20.7. The molecule has 1 saturated heterocycles. The Morgan fingerprint density at radius 1 is 1.03 bits per heavy atom. The highest BCUT2D eigenvalue weighted by atomic mass is 35.5. The largest absolute Gasteiger partial charge is 0.353 e. The Labute approximate surface area is 200 Å². The number of halogens is 1. The number of piperazine rings is 1. The third-order valence-electron chi connectivity index (χ3n) is 6.00. The first-order valence-electron chi connectivity index (χ1n) is 11.4. The SMILES string of the molecule is Cc1ccc(Cn2nc(C)c(C(=O)N3CCN(c4cc(C)nc(C(C)C)n4)CC3)c2Cl)cc1. The van der Waals surface area contributed by atoms with Gasteiger partial charge in [0.1, 0.15) is 16.8 Å². The molecule has 33 heavy (non-hydrogen) atoms. The number of rotatable bonds is 5. The summed E-state index contributed by atoms with van der Waals surface area (Å²) in [6.07, 6.45) is 0. The molecular weight excluding hydrogens is 436 g/mol. The number of nitrogens with zero attached hydrogens (tertiary/aromatic N) is 6. The topological polar surface area (TPSA) is 67.2 Å². The van der Waals surface area contributed by atoms with Gasteiger partial charge in [0.15, 0.2) is 0 Å². The molecule has 0 spiro atoms. The van der Waals surface area contributed by atoms with Gasteiger partial charge in [0.2, 0.25) is 0 Å². The molecule has 3 aromatic rings. The monoisotopic (exact) mass is 466 g/mol. The Kier molecular flexibility index (Phi) is 6.70. The number of benzene rings is 1. The molecule has 1 aliphatic heterocycles. The predicted octanol–water partition coefficient (Wildman–Crippen LogP) is 4.39. The van der Waals surface area contributed by atoms with Crippen LogP contribution < -0.4 is 4.90 Å². The molecule has 1 aromatic carbocycles. The first kappa shape index (κ1) is 23.2. The van der Waals surface area contributed by atoms with Crippen molar-refractivity contribution >= 4 is 23.3 Å². The van der Waals surface area contributed by atoms with Crippen LogP contribution in [0, 0.1) is 20.8 Å². The van der Waals surface area contributed by atoms with E-state index < -0.39 is 0 Å². The summed E-state index contributed by atoms with van der Waals surface area (Å²) in [5.74, 6) is 1.99. The minimum atomic E-state index is -0.0611. The molecule has 2 aromatic heterocycles. The molecule has 0 radical (unpaired) electrons. The number of aryl methyl sites for hydroxylation is 3. The predicted molar refractivity (Wildman–Crippen MR) is 131 cm³/mol. The first-order chi connectivity index (χ1) is 15.7. The fraction of sp³-hybridized carbons (Fsp3) is 0.440. The molecule has 0 bridgehead atoms. The van der Waals surface area contributed by atoms with Crippen LogP contribution in [0.3, 0.4) is 0 Å². The Hall–Kier alpha value is -2.93. The fourth-order valence-corrected chi connectivity index (χ4v) is 4.37. The van der Waals surface area contributed by atoms with Gasteiger partial charge < -0.3 is 9.80 Å². The van der Waals surface area contributed by atoms with Crippen molar-refractivity contribution in [1.82, 2.24) is 24.6 Å². The lowest BCUT2D eigenvalue weighted by atomic mass is 10.1. The van der Waals surface area contributed by atoms with E-state index in [0.717, 1.165) is 22.9 Å². The van der Waals surface area contributed by atoms with E-state index in [9.17, 15) is 4.79 Å². The molecule has 0 saturated carbocycles. The summed E-state index contributed by atoms with van der Waals surface area (Å²) in [5.41, 5.74) is 4.42. The molecular formula is C25H31ClN6O. The summed E-state index contributed by atoms with van der Waals surface area (Å²) in [6, 6.07) is 10.3. The van der Waals surface area contributed by atoms with Crippen molar-refractivity contribution < 1.29 is 4.79 Å². The molecule has 174 valence electrons. The molecule has 1 aliphatic rings. The molecule has 0 N–H and O–H groups in total. The van der Waals surface area contributed by atoms with Gasteiger partial charge in [-0.1, -0.05) is 55.3 Å². The molecule has 1 amide bonds. The lowest BCUT2D eigenvalue weighted by molar-refractivity contribution is 0.0746. The van der Waals surface area contributed by atoms with Crippen LogP contribution >= 0.6 is 11.6 Å². The van der Waals surface area contributed by atoms with Gasteiger partial charge >= 0.3 is 0 Å². The minimum absolute atomic E-state index is 0.0611. The molecule has 8 heteroatoms. The number of carbonyl (C=O) groups is 1. The normalized spacial score (nSPS) is 14.3. The molecule has 3 heterocycles. The highest BCUT2D eigenvalue weighted by molar-refractivity contribution is 6.33. The number of amides is 1. The first-order valence-corrected chi connectivity index (χ1v) is 11.8. The van der Waals surface area contributed by atoms with E-state index >= 15 is 0 Å². The van der Waals surface area contributed by atoms with Crippen LogP contribution in [-0.2, 0) is 6.54 Å². The summed E-state index contributed by atoms with van der Waals surface area (Å²) >= 11 is 6.64. The molecule has 4 rings (SSSR count). The van der Waals surface area contributed by atoms with Crippen LogP contribution in [0.25, 0.3) is 0 Å². The summed E-state index contributed by atoms with van der Waals surface area (Å²) in [5, 5.41) is 4.95. The van der Waals surface area contributed by atoms with Crippen molar-refractivity contribution in [2.24, 2.45) is 0 Å². The minimum Gasteiger partial charge on any atom is -0.353 e. The van der Waals surface area contributed by atoms with Crippen molar-refractivity contribution in [3.63, 3.8) is 0 Å². The van der Waals surface area contributed by atoms with E-state index in [2.05, 4.69) is 60.0 Å². The summed E-state index contributed by atoms with van der Waals surface area (Å²) < 4.78 is 1.71. The van der Waals surface area contributed by atoms with E-state index in [1.165, 1.54) is 5.56 Å². The number of anilines is 1. The maximum absolute atomic E-state index is 13.3. The number of hydrogen-bond donors (Lipinski definition) is 0. The van der Waals surface area contributed by atoms with E-state index in [1.54, 1.807) is 4.68 Å². The zero-order chi connectivity index (χ0) is 23.7. The number of hydrogen-bond acceptors (Lipinski definition) is 5. The van der Waals surface area contributed by atoms with Crippen LogP contribution in [0.5, 0.6) is 0 Å². The van der Waals surface area contributed by atoms with E-state index in [-0.39, 0.29) is 11.8 Å². The highest BCUT2D eigenvalue weighted by Gasteiger charge is 2.28. The Morgan fingerprint density at radius 3 is 2.33 bits per heavy atom. The van der Waals surface area contributed by atoms with Gasteiger partial charge in [-0.2, -0.15) is 5.10 Å². The van der Waals surface area contributed by atoms with E-state index in [0.29, 0.717) is 49.1 Å². The van der Waals surface area contributed by atoms with Crippen LogP contribution in [0.4, 0.5) is 5.82 Å². The molecule has 7 nitrogen and oxygen atoms in total. The highest BCUT2D eigenvalue weighted by Crippen LogP contribution is 2.24. The van der Waals surface area contributed by atoms with E-state index in [4.69, 9.17) is 16.6 Å². The maximum Gasteiger partial charge on any atom is 0.259 e. The van der Waals surface area contributed by atoms with Crippen molar-refractivity contribution in [2.45, 2.75) is 47.1 Å². The van der Waals surface area contributed by atoms with Crippen LogP contribution in [-0.4, -0.2) is 56.7 Å². The van der Waals surface area contributed by atoms with Crippen LogP contribution in [0.2, 0.25) is 5.15 Å². The van der Waals surface area contributed by atoms with Crippen molar-refractivity contribution in [3.05, 3.63) is 69.4 Å². The van der Waals surface area contributed by atoms with Gasteiger partial charge in [0, 0.05) is 43.9 Å². The zero-order valence-electron chi connectivity index (χ0n) is 20.0. The van der Waals surface area contributed by atoms with Gasteiger partial charge in [-0.3, -0.25) is 4.79 Å². The standard InChI is InChI=1S/C25H31ClN6O/c1-16(2)24-27-18(4)14-21(28-24)30-10-12-31(13-11-30)25(33)22-19(5)29-32(23(22)26)15-20-8-6-17(3)7-9-20/h6-9,14,16H,10-13,15H2,1-5H3. The summed E-state index contributed by atoms with van der Waals surface area (Å²) in [6.45, 7) is 13.3. The lowest BCUT2D eigenvalue weighted by Crippen LogP contribution is -2.49. The molecule has 1 fully saturated rings. The van der Waals surface area contributed by atoms with Crippen molar-refractivity contribution in [1.29, 1.82) is 0 Å². The van der Waals surface area contributed by atoms with Crippen LogP contribution in [0.1, 0.15) is 58.5 Å². The second-order valence-corrected chi connectivity index (χ2v) is 9.41. The Morgan fingerprint density at radius 2 is 1.70 bits per heavy atom. The molecule has 0 unspecified atom stereocenters. The van der Waals surface area contributed by atoms with Gasteiger partial charge in [0.05, 0.1) is 17.8 Å². The number of carbonyl (C=O) groups excluding carboxylic acids is 1. The summed E-state index contributed by atoms with van der Waals surface area (Å²) in [4.78, 5) is 26.7. The Balaban J connectivity index is 1.46. The van der Waals surface area contributed by atoms with Gasteiger partial charge in [-0.05, 0) is 26.3 Å². The molecule has 0 atom stereocenters. The van der Waals surface area contributed by atoms with Gasteiger partial charge in [0.25, 0.3) is 5.91 Å². The van der Waals surface area contributed by atoms with Crippen LogP contribution in [0.15, 0.2) is 30.3 Å². The smallest absolute Gasteiger partial charge is 0.259 e. The third-order valence-corrected chi connectivity index (χ3v) is 6.38. The molecule has 0 aliphatic carbocycles. The van der Waals surface area contributed by atoms with Gasteiger partial charge in [-0.25, -0.2) is 14.6 Å². The summed E-state index contributed by atoms with van der Waals surface area (Å²) in [7, 11) is 0. The maximum atomic E-state index is 13.3. The van der Waals surface area contributed by atoms with Crippen molar-refractivity contribution in [3.8, 4) is 0 Å². The quantitative estimate of drug-likeness (QED) is 0.558.